The molecule has 1 heterocycles. The van der Waals surface area contributed by atoms with Gasteiger partial charge in [0, 0.05) is 5.75 Å². The van der Waals surface area contributed by atoms with Crippen molar-refractivity contribution in [2.75, 3.05) is 11.6 Å². The number of hydrogen-bond donors (Lipinski definition) is 1. The lowest BCUT2D eigenvalue weighted by atomic mass is 10.1. The molecule has 2 rings (SSSR count). The number of aliphatic carboxylic acids is 1. The molecule has 1 amide bonds. The van der Waals surface area contributed by atoms with E-state index in [0.717, 1.165) is 16.7 Å². The van der Waals surface area contributed by atoms with Crippen molar-refractivity contribution in [3.05, 3.63) is 39.4 Å². The van der Waals surface area contributed by atoms with E-state index in [4.69, 9.17) is 5.11 Å². The van der Waals surface area contributed by atoms with E-state index in [9.17, 15) is 28.5 Å². The molecule has 0 radical (unpaired) electrons. The van der Waals surface area contributed by atoms with Crippen LogP contribution in [0.1, 0.15) is 10.4 Å². The van der Waals surface area contributed by atoms with Crippen molar-refractivity contribution in [1.82, 2.24) is 4.90 Å². The maximum Gasteiger partial charge on any atom is 0.327 e. The van der Waals surface area contributed by atoms with Gasteiger partial charge in [0.15, 0.2) is 11.6 Å². The number of nitro groups is 1. The number of carbonyl (C=O) groups excluding carboxylic acids is 1. The van der Waals surface area contributed by atoms with E-state index in [-0.39, 0.29) is 11.6 Å². The van der Waals surface area contributed by atoms with Crippen LogP contribution in [0.4, 0.5) is 14.5 Å². The summed E-state index contributed by atoms with van der Waals surface area (Å²) in [4.78, 5) is 33.9. The lowest BCUT2D eigenvalue weighted by Crippen LogP contribution is -2.42. The molecule has 1 atom stereocenters. The largest absolute Gasteiger partial charge is 0.480 e. The van der Waals surface area contributed by atoms with Crippen molar-refractivity contribution in [3.8, 4) is 0 Å². The lowest BCUT2D eigenvalue weighted by Gasteiger charge is -2.20. The molecule has 10 heteroatoms. The minimum Gasteiger partial charge on any atom is -0.480 e. The van der Waals surface area contributed by atoms with Gasteiger partial charge in [0.25, 0.3) is 11.6 Å². The monoisotopic (exact) mass is 318 g/mol. The molecule has 1 fully saturated rings. The Morgan fingerprint density at radius 1 is 1.38 bits per heavy atom. The number of carbonyl (C=O) groups is 2. The second-order valence-electron chi connectivity index (χ2n) is 4.17. The van der Waals surface area contributed by atoms with Gasteiger partial charge in [0.1, 0.15) is 11.6 Å². The van der Waals surface area contributed by atoms with Gasteiger partial charge in [0.05, 0.1) is 16.9 Å². The van der Waals surface area contributed by atoms with Gasteiger partial charge in [0.2, 0.25) is 0 Å². The van der Waals surface area contributed by atoms with Gasteiger partial charge in [-0.1, -0.05) is 0 Å². The van der Waals surface area contributed by atoms with Crippen molar-refractivity contribution in [3.63, 3.8) is 0 Å². The third kappa shape index (κ3) is 2.79. The van der Waals surface area contributed by atoms with Crippen LogP contribution in [0.15, 0.2) is 12.1 Å². The third-order valence-electron chi connectivity index (χ3n) is 2.89. The Morgan fingerprint density at radius 3 is 2.57 bits per heavy atom. The van der Waals surface area contributed by atoms with Gasteiger partial charge in [-0.3, -0.25) is 14.9 Å². The fourth-order valence-corrected chi connectivity index (χ4v) is 3.01. The molecule has 112 valence electrons. The number of thioether (sulfide) groups is 1. The lowest BCUT2D eigenvalue weighted by molar-refractivity contribution is -0.385. The maximum atomic E-state index is 13.2. The second-order valence-corrected chi connectivity index (χ2v) is 5.17. The van der Waals surface area contributed by atoms with E-state index in [1.165, 1.54) is 0 Å². The van der Waals surface area contributed by atoms with E-state index < -0.39 is 45.7 Å². The molecule has 0 saturated carbocycles. The molecule has 0 bridgehead atoms. The van der Waals surface area contributed by atoms with Crippen LogP contribution in [0.2, 0.25) is 0 Å². The molecule has 1 N–H and O–H groups in total. The number of rotatable bonds is 3. The smallest absolute Gasteiger partial charge is 0.327 e. The quantitative estimate of drug-likeness (QED) is 0.669. The Labute approximate surface area is 120 Å². The summed E-state index contributed by atoms with van der Waals surface area (Å²) in [5.41, 5.74) is -1.58. The summed E-state index contributed by atoms with van der Waals surface area (Å²) in [6.07, 6.45) is 0. The highest BCUT2D eigenvalue weighted by molar-refractivity contribution is 7.99. The molecule has 0 aliphatic carbocycles. The van der Waals surface area contributed by atoms with Crippen LogP contribution in [0, 0.1) is 21.7 Å². The van der Waals surface area contributed by atoms with Crippen LogP contribution >= 0.6 is 11.8 Å². The first kappa shape index (κ1) is 15.2. The molecule has 1 aromatic rings. The van der Waals surface area contributed by atoms with Crippen molar-refractivity contribution in [2.24, 2.45) is 0 Å². The summed E-state index contributed by atoms with van der Waals surface area (Å²) in [6.45, 7) is 0. The van der Waals surface area contributed by atoms with Gasteiger partial charge in [-0.25, -0.2) is 13.6 Å². The number of nitro benzene ring substituents is 1. The van der Waals surface area contributed by atoms with Crippen LogP contribution in [0.3, 0.4) is 0 Å². The van der Waals surface area contributed by atoms with Crippen LogP contribution in [-0.4, -0.2) is 44.5 Å². The summed E-state index contributed by atoms with van der Waals surface area (Å²) in [5, 5.41) is 19.8. The first-order valence-electron chi connectivity index (χ1n) is 5.58. The van der Waals surface area contributed by atoms with Crippen LogP contribution in [-0.2, 0) is 4.79 Å². The molecule has 1 aliphatic heterocycles. The molecule has 0 aromatic heterocycles. The minimum absolute atomic E-state index is 0.00590. The van der Waals surface area contributed by atoms with Gasteiger partial charge in [-0.05, 0) is 6.07 Å². The van der Waals surface area contributed by atoms with Crippen molar-refractivity contribution >= 4 is 29.3 Å². The number of carboxylic acids is 1. The highest BCUT2D eigenvalue weighted by Crippen LogP contribution is 2.28. The minimum atomic E-state index is -1.45. The van der Waals surface area contributed by atoms with Crippen LogP contribution < -0.4 is 0 Å². The van der Waals surface area contributed by atoms with Crippen molar-refractivity contribution in [2.45, 2.75) is 6.04 Å². The summed E-state index contributed by atoms with van der Waals surface area (Å²) in [5.74, 6) is -5.02. The number of benzene rings is 1. The summed E-state index contributed by atoms with van der Waals surface area (Å²) < 4.78 is 26.3. The fourth-order valence-electron chi connectivity index (χ4n) is 1.86. The number of carboxylic acid groups (broad SMARTS) is 1. The molecule has 1 aromatic carbocycles. The Kier molecular flexibility index (Phi) is 4.07. The Balaban J connectivity index is 2.45. The van der Waals surface area contributed by atoms with Gasteiger partial charge in [-0.15, -0.1) is 11.8 Å². The SMILES string of the molecule is O=C(O)C1CSCN1C(=O)c1cc(F)c(F)cc1[N+](=O)[O-]. The van der Waals surface area contributed by atoms with E-state index in [2.05, 4.69) is 0 Å². The summed E-state index contributed by atoms with van der Waals surface area (Å²) in [7, 11) is 0. The average molecular weight is 318 g/mol. The van der Waals surface area contributed by atoms with Gasteiger partial charge >= 0.3 is 5.97 Å². The molecular formula is C11H8F2N2O5S. The summed E-state index contributed by atoms with van der Waals surface area (Å²) in [6, 6.07) is -0.436. The molecule has 1 aliphatic rings. The number of hydrogen-bond acceptors (Lipinski definition) is 5. The van der Waals surface area contributed by atoms with Crippen molar-refractivity contribution < 1.29 is 28.4 Å². The zero-order valence-corrected chi connectivity index (χ0v) is 11.1. The maximum absolute atomic E-state index is 13.2. The highest BCUT2D eigenvalue weighted by atomic mass is 32.2. The Bertz CT molecular complexity index is 639. The molecular weight excluding hydrogens is 310 g/mol. The van der Waals surface area contributed by atoms with Crippen molar-refractivity contribution in [1.29, 1.82) is 0 Å². The zero-order chi connectivity index (χ0) is 15.7. The zero-order valence-electron chi connectivity index (χ0n) is 10.3. The Morgan fingerprint density at radius 2 is 2.00 bits per heavy atom. The van der Waals surface area contributed by atoms with Crippen LogP contribution in [0.25, 0.3) is 0 Å². The third-order valence-corrected chi connectivity index (χ3v) is 3.91. The Hall–Kier alpha value is -2.23. The molecule has 21 heavy (non-hydrogen) atoms. The van der Waals surface area contributed by atoms with Gasteiger partial charge < -0.3 is 10.0 Å². The standard InChI is InChI=1S/C11H8F2N2O5S/c12-6-1-5(8(15(19)20)2-7(6)13)10(16)14-4-21-3-9(14)11(17)18/h1-2,9H,3-4H2,(H,17,18). The van der Waals surface area contributed by atoms with Crippen LogP contribution in [0.5, 0.6) is 0 Å². The van der Waals surface area contributed by atoms with Gasteiger partial charge in [-0.2, -0.15) is 0 Å². The fraction of sp³-hybridized carbons (Fsp3) is 0.273. The summed E-state index contributed by atoms with van der Waals surface area (Å²) >= 11 is 1.15. The first-order valence-corrected chi connectivity index (χ1v) is 6.73. The number of amides is 1. The van der Waals surface area contributed by atoms with E-state index in [0.29, 0.717) is 12.1 Å². The highest BCUT2D eigenvalue weighted by Gasteiger charge is 2.37. The van der Waals surface area contributed by atoms with E-state index in [1.54, 1.807) is 0 Å². The number of halogens is 2. The van der Waals surface area contributed by atoms with E-state index in [1.807, 2.05) is 0 Å². The molecule has 0 spiro atoms. The average Bonchev–Trinajstić information content (AvgIpc) is 2.89. The molecule has 7 nitrogen and oxygen atoms in total. The molecule has 1 saturated heterocycles. The first-order chi connectivity index (χ1) is 9.82. The topological polar surface area (TPSA) is 101 Å². The second kappa shape index (κ2) is 5.64. The predicted octanol–water partition coefficient (Wildman–Crippen LogP) is 1.47. The van der Waals surface area contributed by atoms with E-state index >= 15 is 0 Å². The predicted molar refractivity (Wildman–Crippen MR) is 67.9 cm³/mol. The molecule has 1 unspecified atom stereocenters. The number of nitrogens with zero attached hydrogens (tertiary/aromatic N) is 2. The normalized spacial score (nSPS) is 17.8.